The van der Waals surface area contributed by atoms with Gasteiger partial charge in [-0.1, -0.05) is 32.1 Å². The normalized spacial score (nSPS) is 12.6. The van der Waals surface area contributed by atoms with Crippen molar-refractivity contribution in [3.63, 3.8) is 0 Å². The standard InChI is InChI=1S/C17H38O6P2S2/c1-5-20-24(18,21-6-2)26-16-14-12-10-9-11-13-15-17-27-25(19,22-7-3)23-8-4/h5-17H2,1-4H3. The van der Waals surface area contributed by atoms with Crippen molar-refractivity contribution in [2.75, 3.05) is 37.9 Å². The maximum absolute atomic E-state index is 12.3. The molecule has 0 rings (SSSR count). The summed E-state index contributed by atoms with van der Waals surface area (Å²) in [5.74, 6) is 1.61. The van der Waals surface area contributed by atoms with E-state index in [1.807, 2.05) is 27.7 Å². The van der Waals surface area contributed by atoms with Gasteiger partial charge in [-0.05, 0) is 63.3 Å². The summed E-state index contributed by atoms with van der Waals surface area (Å²) in [6.45, 7) is 3.07. The zero-order valence-corrected chi connectivity index (χ0v) is 20.8. The first-order chi connectivity index (χ1) is 12.9. The molecule has 6 nitrogen and oxygen atoms in total. The fourth-order valence-electron chi connectivity index (χ4n) is 2.30. The lowest BCUT2D eigenvalue weighted by atomic mass is 10.1. The number of hydrogen-bond acceptors (Lipinski definition) is 8. The van der Waals surface area contributed by atoms with Crippen molar-refractivity contribution in [1.82, 2.24) is 0 Å². The molecule has 0 heterocycles. The van der Waals surface area contributed by atoms with Gasteiger partial charge in [0.25, 0.3) is 0 Å². The first-order valence-electron chi connectivity index (χ1n) is 10.0. The zero-order valence-electron chi connectivity index (χ0n) is 17.4. The van der Waals surface area contributed by atoms with Crippen LogP contribution in [-0.4, -0.2) is 37.9 Å². The van der Waals surface area contributed by atoms with E-state index in [2.05, 4.69) is 0 Å². The summed E-state index contributed by atoms with van der Waals surface area (Å²) in [7, 11) is 0. The summed E-state index contributed by atoms with van der Waals surface area (Å²) in [6, 6.07) is 0. The third-order valence-corrected chi connectivity index (χ3v) is 11.6. The van der Waals surface area contributed by atoms with E-state index in [4.69, 9.17) is 18.1 Å². The van der Waals surface area contributed by atoms with Gasteiger partial charge in [-0.25, -0.2) is 9.13 Å². The van der Waals surface area contributed by atoms with Crippen molar-refractivity contribution in [1.29, 1.82) is 0 Å². The van der Waals surface area contributed by atoms with Crippen molar-refractivity contribution in [2.45, 2.75) is 72.6 Å². The molecule has 0 aromatic heterocycles. The highest BCUT2D eigenvalue weighted by Crippen LogP contribution is 2.61. The number of hydrogen-bond donors (Lipinski definition) is 0. The van der Waals surface area contributed by atoms with Gasteiger partial charge in [0, 0.05) is 11.5 Å². The van der Waals surface area contributed by atoms with E-state index < -0.39 is 13.6 Å². The molecule has 0 N–H and O–H groups in total. The smallest absolute Gasteiger partial charge is 0.301 e. The third kappa shape index (κ3) is 15.5. The van der Waals surface area contributed by atoms with Gasteiger partial charge >= 0.3 is 13.6 Å². The van der Waals surface area contributed by atoms with Crippen LogP contribution in [-0.2, 0) is 27.2 Å². The van der Waals surface area contributed by atoms with Gasteiger partial charge in [0.1, 0.15) is 0 Å². The third-order valence-electron chi connectivity index (χ3n) is 3.44. The van der Waals surface area contributed by atoms with Crippen LogP contribution < -0.4 is 0 Å². The van der Waals surface area contributed by atoms with Crippen LogP contribution in [0.4, 0.5) is 0 Å². The lowest BCUT2D eigenvalue weighted by Gasteiger charge is -2.15. The lowest BCUT2D eigenvalue weighted by Crippen LogP contribution is -1.94. The SMILES string of the molecule is CCOP(=O)(OCC)SCCCCCCCCCSP(=O)(OCC)OCC. The first-order valence-corrected chi connectivity index (χ1v) is 16.3. The van der Waals surface area contributed by atoms with Crippen molar-refractivity contribution in [3.8, 4) is 0 Å². The van der Waals surface area contributed by atoms with Gasteiger partial charge in [-0.3, -0.25) is 0 Å². The Bertz CT molecular complexity index is 382. The molecule has 0 atom stereocenters. The molecule has 0 bridgehead atoms. The van der Waals surface area contributed by atoms with Gasteiger partial charge < -0.3 is 18.1 Å². The van der Waals surface area contributed by atoms with E-state index in [-0.39, 0.29) is 0 Å². The molecule has 10 heteroatoms. The van der Waals surface area contributed by atoms with E-state index in [9.17, 15) is 9.13 Å². The molecule has 0 aliphatic carbocycles. The van der Waals surface area contributed by atoms with Gasteiger partial charge in [-0.2, -0.15) is 0 Å². The topological polar surface area (TPSA) is 71.1 Å². The average molecular weight is 465 g/mol. The fourth-order valence-corrected chi connectivity index (χ4v) is 9.40. The molecular weight excluding hydrogens is 426 g/mol. The second kappa shape index (κ2) is 17.8. The quantitative estimate of drug-likeness (QED) is 0.135. The predicted molar refractivity (Wildman–Crippen MR) is 119 cm³/mol. The molecule has 0 spiro atoms. The lowest BCUT2D eigenvalue weighted by molar-refractivity contribution is 0.236. The van der Waals surface area contributed by atoms with Crippen LogP contribution >= 0.6 is 36.4 Å². The van der Waals surface area contributed by atoms with Crippen LogP contribution in [0.3, 0.4) is 0 Å². The minimum Gasteiger partial charge on any atom is -0.301 e. The fraction of sp³-hybridized carbons (Fsp3) is 1.00. The van der Waals surface area contributed by atoms with Gasteiger partial charge in [0.2, 0.25) is 0 Å². The minimum absolute atomic E-state index is 0.410. The van der Waals surface area contributed by atoms with Crippen molar-refractivity contribution in [3.05, 3.63) is 0 Å². The summed E-state index contributed by atoms with van der Waals surface area (Å²) in [4.78, 5) is 0. The van der Waals surface area contributed by atoms with Gasteiger partial charge in [0.05, 0.1) is 26.4 Å². The molecule has 0 aromatic carbocycles. The molecule has 0 aliphatic rings. The molecule has 0 amide bonds. The number of unbranched alkanes of at least 4 members (excludes halogenated alkanes) is 6. The summed E-state index contributed by atoms with van der Waals surface area (Å²) in [6.07, 6.45) is 7.86. The molecule has 27 heavy (non-hydrogen) atoms. The molecule has 164 valence electrons. The van der Waals surface area contributed by atoms with Crippen molar-refractivity contribution >= 4 is 36.4 Å². The largest absolute Gasteiger partial charge is 0.389 e. The maximum atomic E-state index is 12.3. The van der Waals surface area contributed by atoms with Crippen LogP contribution in [0.15, 0.2) is 0 Å². The summed E-state index contributed by atoms with van der Waals surface area (Å²) < 4.78 is 45.6. The Morgan fingerprint density at radius 3 is 1.04 bits per heavy atom. The molecule has 0 saturated carbocycles. The predicted octanol–water partition coefficient (Wildman–Crippen LogP) is 7.55. The molecule has 0 saturated heterocycles. The van der Waals surface area contributed by atoms with E-state index >= 15 is 0 Å². The Kier molecular flexibility index (Phi) is 18.5. The monoisotopic (exact) mass is 464 g/mol. The molecule has 0 aliphatic heterocycles. The van der Waals surface area contributed by atoms with Crippen LogP contribution in [0.1, 0.15) is 72.6 Å². The zero-order chi connectivity index (χ0) is 20.4. The van der Waals surface area contributed by atoms with Gasteiger partial charge in [-0.15, -0.1) is 0 Å². The highest BCUT2D eigenvalue weighted by Gasteiger charge is 2.24. The summed E-state index contributed by atoms with van der Waals surface area (Å²) >= 11 is 2.63. The van der Waals surface area contributed by atoms with E-state index in [1.54, 1.807) is 0 Å². The molecular formula is C17H38O6P2S2. The van der Waals surface area contributed by atoms with Crippen LogP contribution in [0.25, 0.3) is 0 Å². The Morgan fingerprint density at radius 2 is 0.778 bits per heavy atom. The van der Waals surface area contributed by atoms with Crippen LogP contribution in [0.5, 0.6) is 0 Å². The molecule has 0 aromatic rings. The maximum Gasteiger partial charge on any atom is 0.389 e. The minimum atomic E-state index is -2.95. The Balaban J connectivity index is 3.62. The van der Waals surface area contributed by atoms with Crippen LogP contribution in [0, 0.1) is 0 Å². The van der Waals surface area contributed by atoms with Gasteiger partial charge in [0.15, 0.2) is 0 Å². The van der Waals surface area contributed by atoms with Crippen molar-refractivity contribution < 1.29 is 27.2 Å². The Morgan fingerprint density at radius 1 is 0.519 bits per heavy atom. The highest BCUT2D eigenvalue weighted by atomic mass is 32.7. The van der Waals surface area contributed by atoms with E-state index in [0.717, 1.165) is 37.2 Å². The molecule has 0 radical (unpaired) electrons. The molecule has 0 fully saturated rings. The van der Waals surface area contributed by atoms with E-state index in [0.29, 0.717) is 26.4 Å². The number of rotatable bonds is 20. The molecule has 0 unspecified atom stereocenters. The average Bonchev–Trinajstić information content (AvgIpc) is 2.60. The summed E-state index contributed by atoms with van der Waals surface area (Å²) in [5.41, 5.74) is 0. The van der Waals surface area contributed by atoms with E-state index in [1.165, 1.54) is 42.0 Å². The highest BCUT2D eigenvalue weighted by molar-refractivity contribution is 8.55. The second-order valence-electron chi connectivity index (χ2n) is 5.71. The second-order valence-corrected chi connectivity index (χ2v) is 14.1. The summed E-state index contributed by atoms with van der Waals surface area (Å²) in [5, 5.41) is 0. The first kappa shape index (κ1) is 28.0. The Labute approximate surface area is 174 Å². The Hall–Kier alpha value is 1.00. The van der Waals surface area contributed by atoms with Crippen molar-refractivity contribution in [2.24, 2.45) is 0 Å². The van der Waals surface area contributed by atoms with Crippen LogP contribution in [0.2, 0.25) is 0 Å².